The van der Waals surface area contributed by atoms with Gasteiger partial charge >= 0.3 is 0 Å². The quantitative estimate of drug-likeness (QED) is 0.613. The summed E-state index contributed by atoms with van der Waals surface area (Å²) in [6.07, 6.45) is 3.40. The van der Waals surface area contributed by atoms with Gasteiger partial charge in [-0.3, -0.25) is 5.10 Å². The van der Waals surface area contributed by atoms with Gasteiger partial charge in [0, 0.05) is 50.6 Å². The number of rotatable bonds is 1. The minimum Gasteiger partial charge on any atom is -0.441 e. The molecule has 0 bridgehead atoms. The van der Waals surface area contributed by atoms with Crippen LogP contribution in [0.4, 0.5) is 0 Å². The van der Waals surface area contributed by atoms with Crippen LogP contribution in [0.1, 0.15) is 13.8 Å². The van der Waals surface area contributed by atoms with Crippen molar-refractivity contribution in [2.45, 2.75) is 19.5 Å². The van der Waals surface area contributed by atoms with Gasteiger partial charge in [-0.1, -0.05) is 18.3 Å². The van der Waals surface area contributed by atoms with Gasteiger partial charge in [0.2, 0.25) is 0 Å². The Hall–Kier alpha value is 0.102. The second kappa shape index (κ2) is 8.23. The van der Waals surface area contributed by atoms with Gasteiger partial charge < -0.3 is 10.1 Å². The van der Waals surface area contributed by atoms with Crippen molar-refractivity contribution >= 4 is 19.0 Å². The second-order valence-corrected chi connectivity index (χ2v) is 7.30. The molecule has 0 aliphatic heterocycles. The zero-order valence-corrected chi connectivity index (χ0v) is 15.4. The first-order valence-corrected chi connectivity index (χ1v) is 7.68. The van der Waals surface area contributed by atoms with E-state index in [1.807, 2.05) is 12.1 Å². The summed E-state index contributed by atoms with van der Waals surface area (Å²) in [6.45, 7) is 9.26. The van der Waals surface area contributed by atoms with Gasteiger partial charge in [-0.05, 0) is 32.8 Å². The topological polar surface area (TPSA) is 39.9 Å². The summed E-state index contributed by atoms with van der Waals surface area (Å²) in [5.74, 6) is 0. The number of aromatic nitrogens is 3. The molecule has 2 rings (SSSR count). The maximum absolute atomic E-state index is 3.97. The van der Waals surface area contributed by atoms with Crippen LogP contribution < -0.4 is 5.10 Å². The number of pyridine rings is 1. The van der Waals surface area contributed by atoms with E-state index in [1.165, 1.54) is 0 Å². The molecule has 16 heavy (non-hydrogen) atoms. The van der Waals surface area contributed by atoms with Crippen molar-refractivity contribution in [3.63, 3.8) is 0 Å². The van der Waals surface area contributed by atoms with Gasteiger partial charge in [0.1, 0.15) is 0 Å². The Kier molecular flexibility index (Phi) is 8.28. The normalized spacial score (nSPS) is 9.88. The Morgan fingerprint density at radius 2 is 1.94 bits per heavy atom. The third-order valence-electron chi connectivity index (χ3n) is 2.32. The number of nitrogens with zero attached hydrogens (tertiary/aromatic N) is 3. The van der Waals surface area contributed by atoms with Crippen LogP contribution in [0.5, 0.6) is 0 Å². The summed E-state index contributed by atoms with van der Waals surface area (Å²) in [5.41, 5.74) is 1.67. The van der Waals surface area contributed by atoms with Gasteiger partial charge in [0.25, 0.3) is 0 Å². The molecule has 5 heteroatoms. The van der Waals surface area contributed by atoms with E-state index >= 15 is 0 Å². The van der Waals surface area contributed by atoms with E-state index in [0.29, 0.717) is 0 Å². The molecule has 2 heterocycles. The zero-order valence-electron chi connectivity index (χ0n) is 10.2. The molecule has 0 radical (unpaired) electrons. The standard InChI is InChI=1S/C6H4N3.C5H13P.U/c1-2-5-4-8-9-6(5)7-3-1;1-5(2)6(3)4;/h1-4H;5H,1-4H3;/q-1;;/p+1. The maximum atomic E-state index is 3.97. The van der Waals surface area contributed by atoms with Crippen molar-refractivity contribution in [1.29, 1.82) is 0 Å². The van der Waals surface area contributed by atoms with Crippen molar-refractivity contribution in [2.75, 3.05) is 13.3 Å². The van der Waals surface area contributed by atoms with Crippen molar-refractivity contribution in [1.82, 2.24) is 15.2 Å². The molecule has 0 unspecified atom stereocenters. The molecule has 0 N–H and O–H groups in total. The van der Waals surface area contributed by atoms with E-state index < -0.39 is 0 Å². The minimum atomic E-state index is 0. The van der Waals surface area contributed by atoms with E-state index in [0.717, 1.165) is 16.7 Å². The predicted octanol–water partition coefficient (Wildman–Crippen LogP) is 2.46. The molecule has 0 spiro atoms. The predicted molar refractivity (Wildman–Crippen MR) is 68.2 cm³/mol. The van der Waals surface area contributed by atoms with Crippen molar-refractivity contribution in [3.05, 3.63) is 24.5 Å². The average molecular weight is 461 g/mol. The fraction of sp³-hybridized carbons (Fsp3) is 0.455. The smallest absolute Gasteiger partial charge is 0.0613 e. The van der Waals surface area contributed by atoms with Gasteiger partial charge in [-0.25, -0.2) is 0 Å². The van der Waals surface area contributed by atoms with Gasteiger partial charge in [-0.15, -0.1) is 0 Å². The Morgan fingerprint density at radius 3 is 2.44 bits per heavy atom. The van der Waals surface area contributed by atoms with Gasteiger partial charge in [0.15, 0.2) is 0 Å². The van der Waals surface area contributed by atoms with Crippen LogP contribution in [-0.4, -0.2) is 29.1 Å². The Bertz CT molecular complexity index is 365. The van der Waals surface area contributed by atoms with Gasteiger partial charge in [-0.2, -0.15) is 0 Å². The largest absolute Gasteiger partial charge is 0.441 e. The molecule has 0 saturated heterocycles. The number of fused-ring (bicyclic) bond motifs is 1. The molecule has 3 nitrogen and oxygen atoms in total. The molecular formula is C11H18N3PU. The zero-order chi connectivity index (χ0) is 11.3. The third kappa shape index (κ3) is 5.44. The molecule has 0 aliphatic rings. The summed E-state index contributed by atoms with van der Waals surface area (Å²) in [7, 11) is 0.0484. The van der Waals surface area contributed by atoms with Gasteiger partial charge in [0.05, 0.1) is 5.66 Å². The molecule has 2 aromatic heterocycles. The third-order valence-corrected chi connectivity index (χ3v) is 4.63. The van der Waals surface area contributed by atoms with E-state index in [-0.39, 0.29) is 39.0 Å². The molecule has 86 valence electrons. The van der Waals surface area contributed by atoms with Crippen LogP contribution in [0.3, 0.4) is 0 Å². The minimum absolute atomic E-state index is 0. The first-order chi connectivity index (χ1) is 7.11. The van der Waals surface area contributed by atoms with Crippen LogP contribution in [0, 0.1) is 31.1 Å². The molecule has 0 atom stereocenters. The van der Waals surface area contributed by atoms with Crippen molar-refractivity contribution in [3.8, 4) is 0 Å². The fourth-order valence-electron chi connectivity index (χ4n) is 0.739. The SMILES string of the molecule is CC(C)[PH+](C)C.[U].c1cnc2[n-]ncc2c1. The van der Waals surface area contributed by atoms with Crippen LogP contribution in [0.2, 0.25) is 0 Å². The second-order valence-electron chi connectivity index (χ2n) is 3.99. The molecule has 0 amide bonds. The van der Waals surface area contributed by atoms with Crippen LogP contribution >= 0.6 is 7.92 Å². The summed E-state index contributed by atoms with van der Waals surface area (Å²) in [5, 5.41) is 8.44. The monoisotopic (exact) mass is 461 g/mol. The molecule has 0 saturated carbocycles. The van der Waals surface area contributed by atoms with Crippen LogP contribution in [-0.2, 0) is 0 Å². The van der Waals surface area contributed by atoms with Crippen molar-refractivity contribution in [2.24, 2.45) is 0 Å². The Balaban J connectivity index is 0.000000289. The van der Waals surface area contributed by atoms with E-state index in [1.54, 1.807) is 12.4 Å². The first-order valence-electron chi connectivity index (χ1n) is 5.10. The fourth-order valence-corrected chi connectivity index (χ4v) is 0.739. The molecule has 2 aromatic rings. The maximum Gasteiger partial charge on any atom is 0.0613 e. The van der Waals surface area contributed by atoms with E-state index in [2.05, 4.69) is 42.4 Å². The summed E-state index contributed by atoms with van der Waals surface area (Å²) >= 11 is 0. The molecule has 0 aliphatic carbocycles. The summed E-state index contributed by atoms with van der Waals surface area (Å²) in [4.78, 5) is 3.97. The average Bonchev–Trinajstić information content (AvgIpc) is 2.66. The summed E-state index contributed by atoms with van der Waals surface area (Å²) in [6, 6.07) is 3.80. The van der Waals surface area contributed by atoms with E-state index in [4.69, 9.17) is 0 Å². The number of hydrogen-bond donors (Lipinski definition) is 0. The first kappa shape index (κ1) is 16.1. The van der Waals surface area contributed by atoms with E-state index in [9.17, 15) is 0 Å². The Labute approximate surface area is 122 Å². The van der Waals surface area contributed by atoms with Crippen molar-refractivity contribution < 1.29 is 31.1 Å². The molecule has 0 aromatic carbocycles. The number of hydrogen-bond acceptors (Lipinski definition) is 2. The van der Waals surface area contributed by atoms with Crippen LogP contribution in [0.15, 0.2) is 24.5 Å². The Morgan fingerprint density at radius 1 is 1.31 bits per heavy atom. The molecular weight excluding hydrogens is 443 g/mol. The molecule has 0 fully saturated rings. The summed E-state index contributed by atoms with van der Waals surface area (Å²) < 4.78 is 0. The van der Waals surface area contributed by atoms with Crippen LogP contribution in [0.25, 0.3) is 11.0 Å².